The Morgan fingerprint density at radius 1 is 1.29 bits per heavy atom. The smallest absolute Gasteiger partial charge is 0.347 e. The molecule has 21 heavy (non-hydrogen) atoms. The zero-order valence-corrected chi connectivity index (χ0v) is 12.7. The third-order valence-electron chi connectivity index (χ3n) is 2.91. The van der Waals surface area contributed by atoms with Crippen LogP contribution in [0.1, 0.15) is 44.6 Å². The number of carbonyl (C=O) groups excluding carboxylic acids is 1. The first-order valence-electron chi connectivity index (χ1n) is 6.62. The molecule has 6 heteroatoms. The highest BCUT2D eigenvalue weighted by atomic mass is 32.1. The molecule has 0 radical (unpaired) electrons. The van der Waals surface area contributed by atoms with Crippen LogP contribution in [0.3, 0.4) is 0 Å². The lowest BCUT2D eigenvalue weighted by atomic mass is 10.1. The van der Waals surface area contributed by atoms with Gasteiger partial charge in [0.25, 0.3) is 5.91 Å². The summed E-state index contributed by atoms with van der Waals surface area (Å²) >= 11 is 0.991. The molecule has 1 aromatic heterocycles. The minimum Gasteiger partial charge on any atom is -0.477 e. The zero-order valence-electron chi connectivity index (χ0n) is 11.8. The van der Waals surface area contributed by atoms with Crippen LogP contribution in [-0.2, 0) is 6.42 Å². The summed E-state index contributed by atoms with van der Waals surface area (Å²) in [6.45, 7) is 3.90. The molecule has 1 heterocycles. The number of rotatable bonds is 5. The number of aromatic nitrogens is 1. The third kappa shape index (κ3) is 3.66. The second kappa shape index (κ2) is 6.49. The van der Waals surface area contributed by atoms with E-state index in [-0.39, 0.29) is 10.8 Å². The molecule has 0 bridgehead atoms. The molecule has 1 amide bonds. The van der Waals surface area contributed by atoms with Gasteiger partial charge in [-0.1, -0.05) is 42.4 Å². The molecule has 0 aliphatic rings. The van der Waals surface area contributed by atoms with E-state index in [2.05, 4.69) is 10.3 Å². The number of aryl methyl sites for hydroxylation is 2. The molecule has 0 aliphatic heterocycles. The molecular formula is C15H16N2O3S. The summed E-state index contributed by atoms with van der Waals surface area (Å²) < 4.78 is 0. The van der Waals surface area contributed by atoms with Crippen molar-refractivity contribution in [1.29, 1.82) is 0 Å². The zero-order chi connectivity index (χ0) is 15.4. The van der Waals surface area contributed by atoms with Gasteiger partial charge in [0.15, 0.2) is 5.13 Å². The van der Waals surface area contributed by atoms with E-state index in [0.717, 1.165) is 23.3 Å². The van der Waals surface area contributed by atoms with E-state index in [0.29, 0.717) is 22.8 Å². The molecule has 0 aliphatic carbocycles. The summed E-state index contributed by atoms with van der Waals surface area (Å²) in [5.41, 5.74) is 2.11. The van der Waals surface area contributed by atoms with E-state index in [9.17, 15) is 9.59 Å². The molecule has 0 saturated heterocycles. The van der Waals surface area contributed by atoms with Crippen LogP contribution in [0.2, 0.25) is 0 Å². The monoisotopic (exact) mass is 304 g/mol. The van der Waals surface area contributed by atoms with Gasteiger partial charge in [-0.25, -0.2) is 9.78 Å². The summed E-state index contributed by atoms with van der Waals surface area (Å²) in [5.74, 6) is -1.30. The number of hydrogen-bond donors (Lipinski definition) is 2. The number of nitrogens with one attached hydrogen (secondary N) is 1. The van der Waals surface area contributed by atoms with Gasteiger partial charge in [-0.3, -0.25) is 10.1 Å². The van der Waals surface area contributed by atoms with Gasteiger partial charge in [-0.05, 0) is 25.5 Å². The molecular weight excluding hydrogens is 288 g/mol. The summed E-state index contributed by atoms with van der Waals surface area (Å²) in [6, 6.07) is 7.15. The molecule has 110 valence electrons. The number of carboxylic acid groups (broad SMARTS) is 1. The lowest BCUT2D eigenvalue weighted by molar-refractivity contribution is 0.0700. The number of nitrogens with zero attached hydrogens (tertiary/aromatic N) is 1. The number of anilines is 1. The number of aromatic carboxylic acids is 1. The highest BCUT2D eigenvalue weighted by Gasteiger charge is 2.18. The normalized spacial score (nSPS) is 10.4. The maximum atomic E-state index is 12.1. The maximum Gasteiger partial charge on any atom is 0.347 e. The lowest BCUT2D eigenvalue weighted by Crippen LogP contribution is -2.11. The molecule has 5 nitrogen and oxygen atoms in total. The fraction of sp³-hybridized carbons (Fsp3) is 0.267. The molecule has 0 saturated carbocycles. The first kappa shape index (κ1) is 15.2. The Morgan fingerprint density at radius 2 is 1.95 bits per heavy atom. The first-order valence-corrected chi connectivity index (χ1v) is 7.44. The van der Waals surface area contributed by atoms with Crippen LogP contribution >= 0.6 is 11.3 Å². The second-order valence-electron chi connectivity index (χ2n) is 4.67. The van der Waals surface area contributed by atoms with Gasteiger partial charge >= 0.3 is 5.97 Å². The van der Waals surface area contributed by atoms with Crippen molar-refractivity contribution in [2.45, 2.75) is 26.7 Å². The van der Waals surface area contributed by atoms with Crippen LogP contribution in [-0.4, -0.2) is 22.0 Å². The highest BCUT2D eigenvalue weighted by Crippen LogP contribution is 2.24. The van der Waals surface area contributed by atoms with Crippen molar-refractivity contribution in [3.63, 3.8) is 0 Å². The topological polar surface area (TPSA) is 79.3 Å². The molecule has 0 fully saturated rings. The van der Waals surface area contributed by atoms with E-state index in [1.165, 1.54) is 0 Å². The summed E-state index contributed by atoms with van der Waals surface area (Å²) in [4.78, 5) is 27.6. The van der Waals surface area contributed by atoms with Crippen molar-refractivity contribution < 1.29 is 14.7 Å². The Bertz CT molecular complexity index is 662. The van der Waals surface area contributed by atoms with Crippen LogP contribution in [0.25, 0.3) is 0 Å². The largest absolute Gasteiger partial charge is 0.477 e. The standard InChI is InChI=1S/C15H16N2O3S/c1-3-4-11-12(14(19)20)21-15(16-11)17-13(18)10-7-5-9(2)6-8-10/h5-8H,3-4H2,1-2H3,(H,19,20)(H,16,17,18). The molecule has 0 atom stereocenters. The van der Waals surface area contributed by atoms with Gasteiger partial charge in [-0.2, -0.15) is 0 Å². The molecule has 2 rings (SSSR count). The van der Waals surface area contributed by atoms with Crippen LogP contribution in [0, 0.1) is 6.92 Å². The van der Waals surface area contributed by atoms with Gasteiger partial charge in [0.1, 0.15) is 4.88 Å². The first-order chi connectivity index (χ1) is 10.0. The van der Waals surface area contributed by atoms with Crippen LogP contribution < -0.4 is 5.32 Å². The minimum atomic E-state index is -1.01. The number of hydrogen-bond acceptors (Lipinski definition) is 4. The van der Waals surface area contributed by atoms with E-state index in [4.69, 9.17) is 5.11 Å². The van der Waals surface area contributed by atoms with Crippen molar-refractivity contribution in [2.24, 2.45) is 0 Å². The Hall–Kier alpha value is -2.21. The second-order valence-corrected chi connectivity index (χ2v) is 5.67. The van der Waals surface area contributed by atoms with Crippen molar-refractivity contribution >= 4 is 28.3 Å². The molecule has 2 N–H and O–H groups in total. The summed E-state index contributed by atoms with van der Waals surface area (Å²) in [6.07, 6.45) is 1.38. The maximum absolute atomic E-state index is 12.1. The van der Waals surface area contributed by atoms with Gasteiger partial charge in [0, 0.05) is 5.56 Å². The number of carboxylic acids is 1. The fourth-order valence-electron chi connectivity index (χ4n) is 1.85. The lowest BCUT2D eigenvalue weighted by Gasteiger charge is -2.01. The van der Waals surface area contributed by atoms with Crippen molar-refractivity contribution in [3.8, 4) is 0 Å². The fourth-order valence-corrected chi connectivity index (χ4v) is 2.70. The number of amides is 1. The van der Waals surface area contributed by atoms with Crippen molar-refractivity contribution in [3.05, 3.63) is 46.0 Å². The van der Waals surface area contributed by atoms with Gasteiger partial charge in [-0.15, -0.1) is 0 Å². The Morgan fingerprint density at radius 3 is 2.52 bits per heavy atom. The quantitative estimate of drug-likeness (QED) is 0.887. The SMILES string of the molecule is CCCc1nc(NC(=O)c2ccc(C)cc2)sc1C(=O)O. The summed E-state index contributed by atoms with van der Waals surface area (Å²) in [5, 5.41) is 12.1. The van der Waals surface area contributed by atoms with Gasteiger partial charge in [0.2, 0.25) is 0 Å². The van der Waals surface area contributed by atoms with Crippen LogP contribution in [0.4, 0.5) is 5.13 Å². The van der Waals surface area contributed by atoms with E-state index in [1.807, 2.05) is 26.0 Å². The number of carbonyl (C=O) groups is 2. The Kier molecular flexibility index (Phi) is 4.70. The van der Waals surface area contributed by atoms with Gasteiger partial charge < -0.3 is 5.11 Å². The molecule has 0 spiro atoms. The molecule has 0 unspecified atom stereocenters. The highest BCUT2D eigenvalue weighted by molar-refractivity contribution is 7.17. The average molecular weight is 304 g/mol. The van der Waals surface area contributed by atoms with Crippen LogP contribution in [0.15, 0.2) is 24.3 Å². The Balaban J connectivity index is 2.19. The minimum absolute atomic E-state index is 0.191. The predicted octanol–water partition coefficient (Wildman–Crippen LogP) is 3.35. The van der Waals surface area contributed by atoms with Crippen LogP contribution in [0.5, 0.6) is 0 Å². The van der Waals surface area contributed by atoms with Crippen molar-refractivity contribution in [2.75, 3.05) is 5.32 Å². The average Bonchev–Trinajstić information content (AvgIpc) is 2.83. The van der Waals surface area contributed by atoms with Crippen molar-refractivity contribution in [1.82, 2.24) is 4.98 Å². The molecule has 2 aromatic rings. The Labute approximate surface area is 126 Å². The number of benzene rings is 1. The van der Waals surface area contributed by atoms with Gasteiger partial charge in [0.05, 0.1) is 5.69 Å². The molecule has 1 aromatic carbocycles. The predicted molar refractivity (Wildman–Crippen MR) is 82.2 cm³/mol. The van der Waals surface area contributed by atoms with E-state index >= 15 is 0 Å². The third-order valence-corrected chi connectivity index (χ3v) is 3.91. The summed E-state index contributed by atoms with van der Waals surface area (Å²) in [7, 11) is 0. The number of thiazole rings is 1. The van der Waals surface area contributed by atoms with E-state index < -0.39 is 5.97 Å². The van der Waals surface area contributed by atoms with E-state index in [1.54, 1.807) is 12.1 Å².